The molecule has 37 heavy (non-hydrogen) atoms. The van der Waals surface area contributed by atoms with Crippen LogP contribution >= 0.6 is 0 Å². The van der Waals surface area contributed by atoms with E-state index in [1.165, 1.54) is 17.9 Å². The van der Waals surface area contributed by atoms with Crippen LogP contribution in [0.1, 0.15) is 25.3 Å². The maximum Gasteiger partial charge on any atom is 0.414 e. The molecular formula is C27H30FN5O4. The lowest BCUT2D eigenvalue weighted by atomic mass is 10.2. The van der Waals surface area contributed by atoms with Crippen molar-refractivity contribution in [3.63, 3.8) is 0 Å². The van der Waals surface area contributed by atoms with Crippen molar-refractivity contribution in [1.82, 2.24) is 10.2 Å². The average Bonchev–Trinajstić information content (AvgIpc) is 3.27. The number of cyclic esters (lactones) is 1. The van der Waals surface area contributed by atoms with Gasteiger partial charge in [0.2, 0.25) is 11.8 Å². The predicted molar refractivity (Wildman–Crippen MR) is 138 cm³/mol. The van der Waals surface area contributed by atoms with Crippen molar-refractivity contribution in [3.05, 3.63) is 53.8 Å². The molecule has 0 aliphatic carbocycles. The molecule has 194 valence electrons. The van der Waals surface area contributed by atoms with Crippen molar-refractivity contribution < 1.29 is 23.5 Å². The van der Waals surface area contributed by atoms with Crippen molar-refractivity contribution in [2.45, 2.75) is 25.9 Å². The lowest BCUT2D eigenvalue weighted by molar-refractivity contribution is -0.131. The van der Waals surface area contributed by atoms with Gasteiger partial charge in [-0.05, 0) is 42.5 Å². The number of ether oxygens (including phenoxy) is 1. The third-order valence-electron chi connectivity index (χ3n) is 6.28. The van der Waals surface area contributed by atoms with Crippen LogP contribution in [0.25, 0.3) is 0 Å². The van der Waals surface area contributed by atoms with Gasteiger partial charge in [0, 0.05) is 57.2 Å². The van der Waals surface area contributed by atoms with E-state index in [2.05, 4.69) is 17.2 Å². The van der Waals surface area contributed by atoms with Crippen LogP contribution in [0.2, 0.25) is 0 Å². The number of hydrogen-bond acceptors (Lipinski definition) is 6. The molecule has 1 atom stereocenters. The van der Waals surface area contributed by atoms with Gasteiger partial charge < -0.3 is 25.6 Å². The highest BCUT2D eigenvalue weighted by Crippen LogP contribution is 2.28. The summed E-state index contributed by atoms with van der Waals surface area (Å²) in [6, 6.07) is 11.9. The summed E-state index contributed by atoms with van der Waals surface area (Å²) in [6.45, 7) is 3.81. The first-order valence-electron chi connectivity index (χ1n) is 12.2. The number of anilines is 3. The molecule has 0 unspecified atom stereocenters. The molecule has 0 spiro atoms. The Morgan fingerprint density at radius 1 is 1.14 bits per heavy atom. The molecule has 9 nitrogen and oxygen atoms in total. The largest absolute Gasteiger partial charge is 0.442 e. The SMILES string of the molecule is CC(=O)NC[C@H]1CN(c2ccc(N3CCN(C(=O)CCC#Cc4ccc(N)cc4)CC3)c(F)c2)C(=O)O1. The second kappa shape index (κ2) is 11.6. The highest BCUT2D eigenvalue weighted by atomic mass is 19.1. The molecule has 2 fully saturated rings. The van der Waals surface area contributed by atoms with E-state index in [1.807, 2.05) is 17.0 Å². The molecule has 2 aliphatic rings. The molecule has 0 aromatic heterocycles. The summed E-state index contributed by atoms with van der Waals surface area (Å²) in [4.78, 5) is 40.9. The molecule has 10 heteroatoms. The van der Waals surface area contributed by atoms with Crippen LogP contribution in [-0.2, 0) is 14.3 Å². The molecule has 0 bridgehead atoms. The smallest absolute Gasteiger partial charge is 0.414 e. The van der Waals surface area contributed by atoms with Gasteiger partial charge in [0.15, 0.2) is 0 Å². The normalized spacial score (nSPS) is 17.2. The Labute approximate surface area is 215 Å². The highest BCUT2D eigenvalue weighted by molar-refractivity contribution is 5.90. The summed E-state index contributed by atoms with van der Waals surface area (Å²) >= 11 is 0. The van der Waals surface area contributed by atoms with Gasteiger partial charge >= 0.3 is 6.09 Å². The Morgan fingerprint density at radius 2 is 1.86 bits per heavy atom. The standard InChI is InChI=1S/C27H30FN5O4/c1-19(34)30-17-23-18-33(27(36)37-23)22-10-11-25(24(28)16-22)31-12-14-32(15-13-31)26(35)5-3-2-4-20-6-8-21(29)9-7-20/h6-11,16,23H,3,5,12-15,17-18,29H2,1H3,(H,30,34)/t23-/m0/s1. The van der Waals surface area contributed by atoms with Gasteiger partial charge in [0.05, 0.1) is 24.5 Å². The van der Waals surface area contributed by atoms with E-state index in [1.54, 1.807) is 29.2 Å². The van der Waals surface area contributed by atoms with Crippen LogP contribution in [0.3, 0.4) is 0 Å². The molecule has 2 heterocycles. The molecule has 2 aliphatic heterocycles. The number of piperazine rings is 1. The maximum atomic E-state index is 15.0. The second-order valence-electron chi connectivity index (χ2n) is 8.98. The lowest BCUT2D eigenvalue weighted by Crippen LogP contribution is -2.49. The van der Waals surface area contributed by atoms with E-state index in [-0.39, 0.29) is 24.9 Å². The Bertz CT molecular complexity index is 1220. The molecule has 3 N–H and O–H groups in total. The Kier molecular flexibility index (Phi) is 8.13. The van der Waals surface area contributed by atoms with Gasteiger partial charge in [-0.15, -0.1) is 0 Å². The van der Waals surface area contributed by atoms with E-state index >= 15 is 4.39 Å². The Morgan fingerprint density at radius 3 is 2.54 bits per heavy atom. The molecule has 4 rings (SSSR count). The van der Waals surface area contributed by atoms with Gasteiger partial charge in [-0.3, -0.25) is 14.5 Å². The van der Waals surface area contributed by atoms with E-state index in [9.17, 15) is 14.4 Å². The van der Waals surface area contributed by atoms with Gasteiger partial charge in [-0.2, -0.15) is 0 Å². The van der Waals surface area contributed by atoms with Gasteiger partial charge in [0.25, 0.3) is 0 Å². The first-order chi connectivity index (χ1) is 17.8. The van der Waals surface area contributed by atoms with Crippen molar-refractivity contribution in [1.29, 1.82) is 0 Å². The molecule has 2 saturated heterocycles. The minimum absolute atomic E-state index is 0.0310. The van der Waals surface area contributed by atoms with Crippen molar-refractivity contribution in [2.24, 2.45) is 0 Å². The average molecular weight is 508 g/mol. The summed E-state index contributed by atoms with van der Waals surface area (Å²) in [6.07, 6.45) is -0.273. The zero-order chi connectivity index (χ0) is 26.4. The summed E-state index contributed by atoms with van der Waals surface area (Å²) in [5.74, 6) is 5.42. The fourth-order valence-electron chi connectivity index (χ4n) is 4.27. The number of hydrogen-bond donors (Lipinski definition) is 2. The number of nitrogens with one attached hydrogen (secondary N) is 1. The van der Waals surface area contributed by atoms with Crippen LogP contribution in [-0.4, -0.2) is 68.2 Å². The van der Waals surface area contributed by atoms with E-state index < -0.39 is 18.0 Å². The molecule has 2 aromatic carbocycles. The fourth-order valence-corrected chi connectivity index (χ4v) is 4.27. The number of carbonyl (C=O) groups is 3. The number of rotatable bonds is 6. The quantitative estimate of drug-likeness (QED) is 0.459. The zero-order valence-corrected chi connectivity index (χ0v) is 20.7. The van der Waals surface area contributed by atoms with E-state index in [0.29, 0.717) is 56.1 Å². The van der Waals surface area contributed by atoms with Gasteiger partial charge in [-0.25, -0.2) is 9.18 Å². The number of benzene rings is 2. The first kappa shape index (κ1) is 25.8. The number of amides is 3. The molecule has 3 amide bonds. The molecular weight excluding hydrogens is 477 g/mol. The summed E-state index contributed by atoms with van der Waals surface area (Å²) in [5, 5.41) is 2.62. The van der Waals surface area contributed by atoms with E-state index in [4.69, 9.17) is 10.5 Å². The Hall–Kier alpha value is -4.26. The summed E-state index contributed by atoms with van der Waals surface area (Å²) < 4.78 is 20.3. The minimum Gasteiger partial charge on any atom is -0.442 e. The monoisotopic (exact) mass is 507 g/mol. The molecule has 0 saturated carbocycles. The minimum atomic E-state index is -0.576. The maximum absolute atomic E-state index is 15.0. The van der Waals surface area contributed by atoms with Crippen LogP contribution in [0.15, 0.2) is 42.5 Å². The first-order valence-corrected chi connectivity index (χ1v) is 12.2. The summed E-state index contributed by atoms with van der Waals surface area (Å²) in [7, 11) is 0. The second-order valence-corrected chi connectivity index (χ2v) is 8.98. The van der Waals surface area contributed by atoms with E-state index in [0.717, 1.165) is 5.56 Å². The third-order valence-corrected chi connectivity index (χ3v) is 6.28. The number of halogens is 1. The Balaban J connectivity index is 1.26. The number of nitrogen functional groups attached to an aromatic ring is 1. The fraction of sp³-hybridized carbons (Fsp3) is 0.370. The van der Waals surface area contributed by atoms with Gasteiger partial charge in [0.1, 0.15) is 11.9 Å². The topological polar surface area (TPSA) is 108 Å². The third kappa shape index (κ3) is 6.70. The van der Waals surface area contributed by atoms with Crippen LogP contribution in [0.4, 0.5) is 26.2 Å². The predicted octanol–water partition coefficient (Wildman–Crippen LogP) is 2.35. The van der Waals surface area contributed by atoms with Crippen molar-refractivity contribution in [3.8, 4) is 11.8 Å². The van der Waals surface area contributed by atoms with Crippen LogP contribution in [0.5, 0.6) is 0 Å². The number of nitrogens with zero attached hydrogens (tertiary/aromatic N) is 3. The lowest BCUT2D eigenvalue weighted by Gasteiger charge is -2.36. The molecule has 2 aromatic rings. The zero-order valence-electron chi connectivity index (χ0n) is 20.7. The van der Waals surface area contributed by atoms with Crippen molar-refractivity contribution >= 4 is 35.0 Å². The number of nitrogens with two attached hydrogens (primary N) is 1. The van der Waals surface area contributed by atoms with Crippen LogP contribution < -0.4 is 20.9 Å². The summed E-state index contributed by atoms with van der Waals surface area (Å²) in [5.41, 5.74) is 8.02. The van der Waals surface area contributed by atoms with Crippen LogP contribution in [0, 0.1) is 17.7 Å². The highest BCUT2D eigenvalue weighted by Gasteiger charge is 2.33. The number of carbonyl (C=O) groups excluding carboxylic acids is 3. The van der Waals surface area contributed by atoms with Crippen molar-refractivity contribution in [2.75, 3.05) is 54.8 Å². The van der Waals surface area contributed by atoms with Gasteiger partial charge in [-0.1, -0.05) is 11.8 Å². The molecule has 0 radical (unpaired) electrons.